The summed E-state index contributed by atoms with van der Waals surface area (Å²) in [6, 6.07) is 23.0. The molecule has 24 heavy (non-hydrogen) atoms. The Kier molecular flexibility index (Phi) is 6.46. The van der Waals surface area contributed by atoms with Gasteiger partial charge in [-0.15, -0.1) is 0 Å². The molecule has 0 aliphatic carbocycles. The lowest BCUT2D eigenvalue weighted by atomic mass is 10.1. The zero-order valence-corrected chi connectivity index (χ0v) is 16.0. The van der Waals surface area contributed by atoms with Gasteiger partial charge in [0.05, 0.1) is 0 Å². The summed E-state index contributed by atoms with van der Waals surface area (Å²) >= 11 is 0. The van der Waals surface area contributed by atoms with Crippen molar-refractivity contribution in [2.24, 2.45) is 0 Å². The van der Waals surface area contributed by atoms with Crippen molar-refractivity contribution in [3.63, 3.8) is 0 Å². The van der Waals surface area contributed by atoms with E-state index in [0.29, 0.717) is 11.7 Å². The first-order chi connectivity index (χ1) is 11.8. The smallest absolute Gasteiger partial charge is 0.00730 e. The highest BCUT2D eigenvalue weighted by molar-refractivity contribution is 7.73. The van der Waals surface area contributed by atoms with Crippen LogP contribution >= 0.6 is 7.92 Å². The number of hydrogen-bond acceptors (Lipinski definition) is 1. The van der Waals surface area contributed by atoms with Gasteiger partial charge in [0.2, 0.25) is 0 Å². The Morgan fingerprint density at radius 3 is 1.79 bits per heavy atom. The summed E-state index contributed by atoms with van der Waals surface area (Å²) in [4.78, 5) is 2.71. The van der Waals surface area contributed by atoms with Crippen LogP contribution in [0.3, 0.4) is 0 Å². The van der Waals surface area contributed by atoms with Crippen molar-refractivity contribution in [1.29, 1.82) is 0 Å². The summed E-state index contributed by atoms with van der Waals surface area (Å²) in [7, 11) is -0.292. The van der Waals surface area contributed by atoms with Crippen molar-refractivity contribution in [2.75, 3.05) is 13.1 Å². The fourth-order valence-corrected chi connectivity index (χ4v) is 6.76. The van der Waals surface area contributed by atoms with Crippen molar-refractivity contribution in [3.8, 4) is 0 Å². The van der Waals surface area contributed by atoms with E-state index in [1.807, 2.05) is 0 Å². The van der Waals surface area contributed by atoms with Crippen LogP contribution in [0.5, 0.6) is 0 Å². The van der Waals surface area contributed by atoms with Crippen LogP contribution in [0.1, 0.15) is 39.5 Å². The van der Waals surface area contributed by atoms with Crippen molar-refractivity contribution >= 4 is 18.5 Å². The molecule has 3 rings (SSSR count). The van der Waals surface area contributed by atoms with Crippen LogP contribution in [0.2, 0.25) is 0 Å². The minimum atomic E-state index is -0.292. The topological polar surface area (TPSA) is 3.24 Å². The maximum Gasteiger partial charge on any atom is 0.00730 e. The zero-order valence-electron chi connectivity index (χ0n) is 15.1. The normalized spacial score (nSPS) is 18.5. The molecule has 1 nitrogen and oxygen atoms in total. The molecule has 128 valence electrons. The number of benzene rings is 2. The van der Waals surface area contributed by atoms with Crippen LogP contribution in [-0.2, 0) is 0 Å². The molecule has 0 saturated carbocycles. The third kappa shape index (κ3) is 4.47. The fraction of sp³-hybridized carbons (Fsp3) is 0.455. The van der Waals surface area contributed by atoms with E-state index in [9.17, 15) is 0 Å². The highest BCUT2D eigenvalue weighted by Crippen LogP contribution is 2.41. The first kappa shape index (κ1) is 17.6. The lowest BCUT2D eigenvalue weighted by Crippen LogP contribution is -2.39. The van der Waals surface area contributed by atoms with Gasteiger partial charge in [-0.05, 0) is 63.5 Å². The Bertz CT molecular complexity index is 552. The highest BCUT2D eigenvalue weighted by atomic mass is 31.1. The van der Waals surface area contributed by atoms with Crippen LogP contribution < -0.4 is 10.6 Å². The van der Waals surface area contributed by atoms with Gasteiger partial charge in [0.25, 0.3) is 0 Å². The number of rotatable bonds is 6. The molecule has 2 aromatic carbocycles. The van der Waals surface area contributed by atoms with Gasteiger partial charge in [0.1, 0.15) is 0 Å². The second-order valence-corrected chi connectivity index (χ2v) is 9.73. The molecule has 0 unspecified atom stereocenters. The first-order valence-electron chi connectivity index (χ1n) is 9.39. The Balaban J connectivity index is 1.77. The van der Waals surface area contributed by atoms with Gasteiger partial charge < -0.3 is 4.90 Å². The number of hydrogen-bond donors (Lipinski definition) is 0. The molecular weight excluding hydrogens is 309 g/mol. The fourth-order valence-electron chi connectivity index (χ4n) is 3.94. The van der Waals surface area contributed by atoms with E-state index in [0.717, 1.165) is 0 Å². The van der Waals surface area contributed by atoms with E-state index in [1.54, 1.807) is 0 Å². The van der Waals surface area contributed by atoms with E-state index < -0.39 is 0 Å². The predicted molar refractivity (Wildman–Crippen MR) is 108 cm³/mol. The van der Waals surface area contributed by atoms with Crippen molar-refractivity contribution in [2.45, 2.75) is 51.2 Å². The molecule has 0 radical (unpaired) electrons. The van der Waals surface area contributed by atoms with E-state index in [-0.39, 0.29) is 7.92 Å². The van der Waals surface area contributed by atoms with Crippen molar-refractivity contribution in [3.05, 3.63) is 60.7 Å². The molecular formula is C22H30NP. The quantitative estimate of drug-likeness (QED) is 0.685. The Labute approximate surface area is 148 Å². The van der Waals surface area contributed by atoms with Gasteiger partial charge in [0, 0.05) is 6.04 Å². The van der Waals surface area contributed by atoms with Crippen LogP contribution in [-0.4, -0.2) is 29.7 Å². The highest BCUT2D eigenvalue weighted by Gasteiger charge is 2.25. The average Bonchev–Trinajstić information content (AvgIpc) is 2.64. The second kappa shape index (κ2) is 8.79. The molecule has 1 heterocycles. The molecule has 0 N–H and O–H groups in total. The molecule has 1 aliphatic rings. The largest absolute Gasteiger partial charge is 0.301 e. The van der Waals surface area contributed by atoms with Gasteiger partial charge in [0.15, 0.2) is 0 Å². The summed E-state index contributed by atoms with van der Waals surface area (Å²) in [5, 5.41) is 3.02. The monoisotopic (exact) mass is 339 g/mol. The van der Waals surface area contributed by atoms with E-state index >= 15 is 0 Å². The van der Waals surface area contributed by atoms with E-state index in [1.165, 1.54) is 49.4 Å². The third-order valence-electron chi connectivity index (χ3n) is 5.21. The van der Waals surface area contributed by atoms with Gasteiger partial charge >= 0.3 is 0 Å². The van der Waals surface area contributed by atoms with Crippen LogP contribution in [0, 0.1) is 0 Å². The van der Waals surface area contributed by atoms with Crippen LogP contribution in [0.15, 0.2) is 60.7 Å². The molecule has 0 amide bonds. The molecule has 0 bridgehead atoms. The minimum absolute atomic E-state index is 0.292. The Morgan fingerprint density at radius 1 is 0.792 bits per heavy atom. The van der Waals surface area contributed by atoms with Gasteiger partial charge in [-0.3, -0.25) is 0 Å². The van der Waals surface area contributed by atoms with E-state index in [2.05, 4.69) is 79.4 Å². The molecule has 0 aromatic heterocycles. The molecule has 2 atom stereocenters. The summed E-state index contributed by atoms with van der Waals surface area (Å²) in [6.45, 7) is 7.49. The number of likely N-dealkylation sites (tertiary alicyclic amines) is 1. The zero-order chi connectivity index (χ0) is 16.8. The summed E-state index contributed by atoms with van der Waals surface area (Å²) in [6.07, 6.45) is 5.46. The first-order valence-corrected chi connectivity index (χ1v) is 10.8. The standard InChI is InChI=1S/C22H30NP/c1-19(23-16-10-5-11-17-23)18-20(2)24(21-12-6-3-7-13-21)22-14-8-4-9-15-22/h3-4,6-9,12-15,19-20H,5,10-11,16-18H2,1-2H3/t19-,20-/m0/s1. The predicted octanol–water partition coefficient (Wildman–Crippen LogP) is 4.77. The second-order valence-electron chi connectivity index (χ2n) is 7.07. The number of nitrogens with zero attached hydrogens (tertiary/aromatic N) is 1. The minimum Gasteiger partial charge on any atom is -0.301 e. The summed E-state index contributed by atoms with van der Waals surface area (Å²) < 4.78 is 0. The van der Waals surface area contributed by atoms with Gasteiger partial charge in [-0.1, -0.05) is 74.0 Å². The Hall–Kier alpha value is -1.17. The van der Waals surface area contributed by atoms with Gasteiger partial charge in [-0.25, -0.2) is 0 Å². The average molecular weight is 339 g/mol. The molecule has 1 aliphatic heterocycles. The van der Waals surface area contributed by atoms with E-state index in [4.69, 9.17) is 0 Å². The lowest BCUT2D eigenvalue weighted by molar-refractivity contribution is 0.167. The maximum absolute atomic E-state index is 2.71. The molecule has 2 heteroatoms. The molecule has 0 spiro atoms. The van der Waals surface area contributed by atoms with Crippen LogP contribution in [0.25, 0.3) is 0 Å². The van der Waals surface area contributed by atoms with Crippen molar-refractivity contribution < 1.29 is 0 Å². The summed E-state index contributed by atoms with van der Waals surface area (Å²) in [5.74, 6) is 0. The summed E-state index contributed by atoms with van der Waals surface area (Å²) in [5.41, 5.74) is 0.696. The Morgan fingerprint density at radius 2 is 1.29 bits per heavy atom. The SMILES string of the molecule is C[C@@H](C[C@H](C)P(c1ccccc1)c1ccccc1)N1CCCCC1. The lowest BCUT2D eigenvalue weighted by Gasteiger charge is -2.35. The number of piperidine rings is 1. The molecule has 2 aromatic rings. The van der Waals surface area contributed by atoms with Gasteiger partial charge in [-0.2, -0.15) is 0 Å². The van der Waals surface area contributed by atoms with Crippen molar-refractivity contribution in [1.82, 2.24) is 4.90 Å². The van der Waals surface area contributed by atoms with Crippen LogP contribution in [0.4, 0.5) is 0 Å². The third-order valence-corrected chi connectivity index (χ3v) is 8.01. The molecule has 1 fully saturated rings. The maximum atomic E-state index is 2.71. The molecule has 1 saturated heterocycles.